The Morgan fingerprint density at radius 1 is 1.18 bits per heavy atom. The Balaban J connectivity index is 4.53. The maximum Gasteiger partial charge on any atom is 0.100 e. The monoisotopic (exact) mass is 152 g/mol. The van der Waals surface area contributed by atoms with Gasteiger partial charge in [-0.2, -0.15) is 0 Å². The average Bonchev–Trinajstić information content (AvgIpc) is 1.87. The van der Waals surface area contributed by atoms with E-state index in [0.29, 0.717) is 10.6 Å². The van der Waals surface area contributed by atoms with Crippen LogP contribution in [0.3, 0.4) is 0 Å². The van der Waals surface area contributed by atoms with E-state index in [9.17, 15) is 0 Å². The first-order chi connectivity index (χ1) is 4.75. The van der Waals surface area contributed by atoms with Gasteiger partial charge < -0.3 is 0 Å². The molecular weight excluding hydrogens is 130 g/mol. The lowest BCUT2D eigenvalue weighted by Gasteiger charge is -2.45. The van der Waals surface area contributed by atoms with Crippen molar-refractivity contribution in [1.29, 1.82) is 0 Å². The Hall–Kier alpha value is 0.130. The summed E-state index contributed by atoms with van der Waals surface area (Å²) in [6.45, 7) is 11.7. The van der Waals surface area contributed by atoms with Crippen LogP contribution in [-0.4, -0.2) is 15.7 Å². The summed E-state index contributed by atoms with van der Waals surface area (Å²) in [5.74, 6) is 0.762. The van der Waals surface area contributed by atoms with Gasteiger partial charge >= 0.3 is 0 Å². The summed E-state index contributed by atoms with van der Waals surface area (Å²) in [5.41, 5.74) is 0.459. The van der Waals surface area contributed by atoms with Crippen molar-refractivity contribution in [3.8, 4) is 0 Å². The Kier molecular flexibility index (Phi) is 3.28. The standard InChI is InChI=1S/C9H22B2/c1-6-8(4,5)9(10,11)7(2)3/h7H,6,10-11H2,1-5H3. The molecule has 0 aliphatic heterocycles. The van der Waals surface area contributed by atoms with Crippen LogP contribution < -0.4 is 0 Å². The molecule has 0 aliphatic rings. The highest BCUT2D eigenvalue weighted by Gasteiger charge is 2.37. The van der Waals surface area contributed by atoms with E-state index in [-0.39, 0.29) is 0 Å². The van der Waals surface area contributed by atoms with Crippen molar-refractivity contribution >= 4 is 15.7 Å². The molecule has 0 fully saturated rings. The molecule has 0 aromatic rings. The van der Waals surface area contributed by atoms with Crippen molar-refractivity contribution in [2.24, 2.45) is 11.3 Å². The van der Waals surface area contributed by atoms with E-state index in [1.807, 2.05) is 0 Å². The van der Waals surface area contributed by atoms with Crippen molar-refractivity contribution < 1.29 is 0 Å². The van der Waals surface area contributed by atoms with Gasteiger partial charge in [0.05, 0.1) is 0 Å². The van der Waals surface area contributed by atoms with Crippen molar-refractivity contribution in [3.05, 3.63) is 0 Å². The van der Waals surface area contributed by atoms with E-state index >= 15 is 0 Å². The highest BCUT2D eigenvalue weighted by molar-refractivity contribution is 6.40. The maximum absolute atomic E-state index is 2.38. The molecule has 0 rings (SSSR count). The van der Waals surface area contributed by atoms with E-state index in [1.54, 1.807) is 0 Å². The third-order valence-electron chi connectivity index (χ3n) is 4.07. The van der Waals surface area contributed by atoms with E-state index < -0.39 is 0 Å². The quantitative estimate of drug-likeness (QED) is 0.537. The Bertz CT molecular complexity index is 126. The lowest BCUT2D eigenvalue weighted by molar-refractivity contribution is 0.244. The highest BCUT2D eigenvalue weighted by atomic mass is 14.3. The largest absolute Gasteiger partial charge is 0.100 e. The molecule has 0 amide bonds. The Morgan fingerprint density at radius 2 is 1.55 bits per heavy atom. The summed E-state index contributed by atoms with van der Waals surface area (Å²) in [7, 11) is 4.75. The summed E-state index contributed by atoms with van der Waals surface area (Å²) in [6.07, 6.45) is 1.26. The fraction of sp³-hybridized carbons (Fsp3) is 1.00. The first kappa shape index (κ1) is 11.1. The number of hydrogen-bond donors (Lipinski definition) is 0. The van der Waals surface area contributed by atoms with Gasteiger partial charge in [-0.25, -0.2) is 0 Å². The van der Waals surface area contributed by atoms with Gasteiger partial charge in [-0.1, -0.05) is 52.2 Å². The van der Waals surface area contributed by atoms with Crippen LogP contribution in [0.2, 0.25) is 5.21 Å². The second kappa shape index (κ2) is 3.25. The van der Waals surface area contributed by atoms with Crippen LogP contribution in [0, 0.1) is 11.3 Å². The van der Waals surface area contributed by atoms with Crippen LogP contribution in [0.1, 0.15) is 41.0 Å². The lowest BCUT2D eigenvalue weighted by Crippen LogP contribution is -2.36. The summed E-state index contributed by atoms with van der Waals surface area (Å²) < 4.78 is 0. The van der Waals surface area contributed by atoms with Crippen LogP contribution in [0.5, 0.6) is 0 Å². The van der Waals surface area contributed by atoms with Gasteiger partial charge in [0.1, 0.15) is 15.7 Å². The molecule has 0 radical (unpaired) electrons. The Morgan fingerprint density at radius 3 is 1.64 bits per heavy atom. The molecule has 0 N–H and O–H groups in total. The van der Waals surface area contributed by atoms with Crippen molar-refractivity contribution in [1.82, 2.24) is 0 Å². The minimum Gasteiger partial charge on any atom is -0.0774 e. The Labute approximate surface area is 74.0 Å². The molecular formula is C9H22B2. The van der Waals surface area contributed by atoms with Gasteiger partial charge in [0.15, 0.2) is 0 Å². The molecule has 64 valence electrons. The highest BCUT2D eigenvalue weighted by Crippen LogP contribution is 2.47. The third-order valence-corrected chi connectivity index (χ3v) is 4.07. The minimum absolute atomic E-state index is 0.446. The zero-order valence-corrected chi connectivity index (χ0v) is 9.28. The van der Waals surface area contributed by atoms with E-state index in [1.165, 1.54) is 6.42 Å². The summed E-state index contributed by atoms with van der Waals surface area (Å²) in [4.78, 5) is 0. The van der Waals surface area contributed by atoms with Crippen LogP contribution in [-0.2, 0) is 0 Å². The summed E-state index contributed by atoms with van der Waals surface area (Å²) >= 11 is 0. The predicted octanol–water partition coefficient (Wildman–Crippen LogP) is 1.46. The van der Waals surface area contributed by atoms with E-state index in [2.05, 4.69) is 50.3 Å². The topological polar surface area (TPSA) is 0 Å². The summed E-state index contributed by atoms with van der Waals surface area (Å²) in [5, 5.41) is 0.446. The molecule has 0 bridgehead atoms. The van der Waals surface area contributed by atoms with E-state index in [4.69, 9.17) is 0 Å². The van der Waals surface area contributed by atoms with Gasteiger partial charge in [-0.05, 0) is 5.41 Å². The molecule has 11 heavy (non-hydrogen) atoms. The second-order valence-electron chi connectivity index (χ2n) is 5.11. The zero-order valence-electron chi connectivity index (χ0n) is 9.28. The van der Waals surface area contributed by atoms with Crippen LogP contribution >= 0.6 is 0 Å². The third kappa shape index (κ3) is 2.04. The van der Waals surface area contributed by atoms with Crippen LogP contribution in [0.4, 0.5) is 0 Å². The minimum atomic E-state index is 0.446. The SMILES string of the molecule is BC(B)(C(C)C)C(C)(C)CC. The van der Waals surface area contributed by atoms with Gasteiger partial charge in [0, 0.05) is 0 Å². The molecule has 0 saturated carbocycles. The molecule has 0 nitrogen and oxygen atoms in total. The molecule has 0 heterocycles. The van der Waals surface area contributed by atoms with Gasteiger partial charge in [0.2, 0.25) is 0 Å². The van der Waals surface area contributed by atoms with E-state index in [0.717, 1.165) is 5.92 Å². The number of rotatable bonds is 3. The van der Waals surface area contributed by atoms with Crippen LogP contribution in [0.25, 0.3) is 0 Å². The summed E-state index contributed by atoms with van der Waals surface area (Å²) in [6, 6.07) is 0. The first-order valence-corrected chi connectivity index (χ1v) is 4.75. The molecule has 2 heteroatoms. The molecule has 0 aromatic carbocycles. The maximum atomic E-state index is 2.38. The lowest BCUT2D eigenvalue weighted by atomic mass is 9.38. The number of hydrogen-bond acceptors (Lipinski definition) is 0. The average molecular weight is 152 g/mol. The molecule has 0 aromatic heterocycles. The molecule has 0 atom stereocenters. The zero-order chi connectivity index (χ0) is 9.28. The fourth-order valence-corrected chi connectivity index (χ4v) is 1.24. The van der Waals surface area contributed by atoms with Crippen molar-refractivity contribution in [2.75, 3.05) is 0 Å². The van der Waals surface area contributed by atoms with Crippen LogP contribution in [0.15, 0.2) is 0 Å². The van der Waals surface area contributed by atoms with Gasteiger partial charge in [0.25, 0.3) is 0 Å². The normalized spacial score (nSPS) is 14.0. The predicted molar refractivity (Wildman–Crippen MR) is 58.7 cm³/mol. The molecule has 0 spiro atoms. The van der Waals surface area contributed by atoms with Crippen molar-refractivity contribution in [2.45, 2.75) is 46.3 Å². The molecule has 0 saturated heterocycles. The molecule has 0 unspecified atom stereocenters. The molecule has 0 aliphatic carbocycles. The smallest absolute Gasteiger partial charge is 0.0774 e. The van der Waals surface area contributed by atoms with Crippen molar-refractivity contribution in [3.63, 3.8) is 0 Å². The first-order valence-electron chi connectivity index (χ1n) is 4.75. The fourth-order valence-electron chi connectivity index (χ4n) is 1.24. The van der Waals surface area contributed by atoms with Gasteiger partial charge in [-0.3, -0.25) is 0 Å². The van der Waals surface area contributed by atoms with Gasteiger partial charge in [-0.15, -0.1) is 0 Å². The second-order valence-corrected chi connectivity index (χ2v) is 5.11.